The number of pyridine rings is 1. The molecule has 5 aromatic rings. The summed E-state index contributed by atoms with van der Waals surface area (Å²) in [7, 11) is -3.83. The maximum Gasteiger partial charge on any atom is 0.264 e. The van der Waals surface area contributed by atoms with E-state index >= 15 is 0 Å². The quantitative estimate of drug-likeness (QED) is 0.130. The molecule has 0 saturated heterocycles. The Morgan fingerprint density at radius 2 is 1.80 bits per heavy atom. The summed E-state index contributed by atoms with van der Waals surface area (Å²) in [6.07, 6.45) is 3.38. The minimum atomic E-state index is -3.83. The second-order valence-electron chi connectivity index (χ2n) is 10.1. The Morgan fingerprint density at radius 1 is 1.00 bits per heavy atom. The average Bonchev–Trinajstić information content (AvgIpc) is 3.52. The van der Waals surface area contributed by atoms with Crippen LogP contribution in [0.25, 0.3) is 11.4 Å². The molecule has 1 unspecified atom stereocenters. The van der Waals surface area contributed by atoms with Crippen LogP contribution in [0.15, 0.2) is 107 Å². The lowest BCUT2D eigenvalue weighted by molar-refractivity contribution is -0.114. The molecule has 0 bridgehead atoms. The lowest BCUT2D eigenvalue weighted by Gasteiger charge is -2.12. The number of benzene rings is 3. The number of aliphatic hydroxyl groups is 1. The lowest BCUT2D eigenvalue weighted by Crippen LogP contribution is -2.23. The van der Waals surface area contributed by atoms with Crippen LogP contribution in [0.5, 0.6) is 5.75 Å². The molecule has 0 aliphatic rings. The van der Waals surface area contributed by atoms with Crippen LogP contribution in [-0.4, -0.2) is 47.6 Å². The number of carbonyl (C=O) groups is 1. The number of aliphatic hydroxyl groups excluding tert-OH is 1. The van der Waals surface area contributed by atoms with Gasteiger partial charge in [-0.1, -0.05) is 29.4 Å². The first-order chi connectivity index (χ1) is 21.7. The van der Waals surface area contributed by atoms with Crippen molar-refractivity contribution in [3.05, 3.63) is 114 Å². The first-order valence-electron chi connectivity index (χ1n) is 14.1. The van der Waals surface area contributed by atoms with Crippen molar-refractivity contribution in [3.8, 4) is 17.1 Å². The van der Waals surface area contributed by atoms with Gasteiger partial charge in [-0.2, -0.15) is 4.98 Å². The molecule has 13 heteroatoms. The van der Waals surface area contributed by atoms with Crippen LogP contribution in [0.1, 0.15) is 30.0 Å². The number of aromatic nitrogens is 3. The average molecular weight is 629 g/mol. The second kappa shape index (κ2) is 14.6. The minimum Gasteiger partial charge on any atom is -0.484 e. The first-order valence-corrected chi connectivity index (χ1v) is 15.6. The van der Waals surface area contributed by atoms with Gasteiger partial charge in [0.2, 0.25) is 11.7 Å². The van der Waals surface area contributed by atoms with Crippen molar-refractivity contribution in [2.75, 3.05) is 23.1 Å². The van der Waals surface area contributed by atoms with Gasteiger partial charge in [0.05, 0.1) is 11.0 Å². The van der Waals surface area contributed by atoms with Gasteiger partial charge in [0, 0.05) is 54.4 Å². The molecule has 2 heterocycles. The Balaban J connectivity index is 1.10. The third kappa shape index (κ3) is 8.95. The summed E-state index contributed by atoms with van der Waals surface area (Å²) in [4.78, 5) is 19.7. The van der Waals surface area contributed by atoms with E-state index in [2.05, 4.69) is 30.5 Å². The van der Waals surface area contributed by atoms with Crippen molar-refractivity contribution < 1.29 is 27.6 Å². The number of sulfonamides is 1. The molecule has 45 heavy (non-hydrogen) atoms. The van der Waals surface area contributed by atoms with E-state index < -0.39 is 16.1 Å². The fraction of sp³-hybridized carbons (Fsp3) is 0.188. The highest BCUT2D eigenvalue weighted by Gasteiger charge is 2.16. The van der Waals surface area contributed by atoms with Gasteiger partial charge in [-0.15, -0.1) is 0 Å². The van der Waals surface area contributed by atoms with Gasteiger partial charge in [0.25, 0.3) is 15.9 Å². The second-order valence-corrected chi connectivity index (χ2v) is 11.8. The smallest absolute Gasteiger partial charge is 0.264 e. The van der Waals surface area contributed by atoms with Gasteiger partial charge in [-0.3, -0.25) is 14.5 Å². The van der Waals surface area contributed by atoms with E-state index in [-0.39, 0.29) is 29.1 Å². The van der Waals surface area contributed by atoms with Crippen LogP contribution in [0.3, 0.4) is 0 Å². The van der Waals surface area contributed by atoms with Crippen LogP contribution in [0.2, 0.25) is 0 Å². The van der Waals surface area contributed by atoms with E-state index in [1.807, 2.05) is 18.2 Å². The summed E-state index contributed by atoms with van der Waals surface area (Å²) < 4.78 is 39.6. The number of carbonyl (C=O) groups excluding carboxylic acids is 1. The van der Waals surface area contributed by atoms with E-state index in [0.717, 1.165) is 11.1 Å². The van der Waals surface area contributed by atoms with Crippen LogP contribution < -0.4 is 20.1 Å². The van der Waals surface area contributed by atoms with Gasteiger partial charge in [0.1, 0.15) is 5.75 Å². The Hall–Kier alpha value is -5.11. The summed E-state index contributed by atoms with van der Waals surface area (Å²) in [6, 6.07) is 23.8. The molecule has 1 atom stereocenters. The van der Waals surface area contributed by atoms with Crippen molar-refractivity contribution in [2.24, 2.45) is 0 Å². The number of hydrogen-bond acceptors (Lipinski definition) is 10. The molecule has 0 spiro atoms. The molecule has 0 saturated carbocycles. The van der Waals surface area contributed by atoms with Crippen molar-refractivity contribution in [2.45, 2.75) is 31.0 Å². The Bertz CT molecular complexity index is 1810. The molecule has 232 valence electrons. The maximum atomic E-state index is 13.0. The minimum absolute atomic E-state index is 0.0114. The summed E-state index contributed by atoms with van der Waals surface area (Å²) >= 11 is 0. The standard InChI is InChI=1S/C32H32N6O6S/c1-22(39)35-27-5-2-6-28(18-27)43-21-31-36-32(37-44-31)24-9-13-29(14-10-24)45(41,42)38-26-11-7-23(8-12-26)15-17-34-20-30(40)25-4-3-16-33-19-25/h2-14,16,18-19,30,34,38,40H,15,17,20-21H2,1H3,(H,35,39). The number of nitrogens with zero attached hydrogens (tertiary/aromatic N) is 3. The normalized spacial score (nSPS) is 12.0. The molecule has 0 aliphatic heterocycles. The predicted octanol–water partition coefficient (Wildman–Crippen LogP) is 4.34. The zero-order chi connectivity index (χ0) is 31.6. The molecule has 0 radical (unpaired) electrons. The molecule has 5 rings (SSSR count). The van der Waals surface area contributed by atoms with Crippen molar-refractivity contribution in [1.82, 2.24) is 20.4 Å². The van der Waals surface area contributed by atoms with Crippen LogP contribution in [0, 0.1) is 0 Å². The van der Waals surface area contributed by atoms with E-state index in [4.69, 9.17) is 9.26 Å². The number of amides is 1. The number of anilines is 2. The first kappa shape index (κ1) is 31.3. The van der Waals surface area contributed by atoms with Gasteiger partial charge >= 0.3 is 0 Å². The highest BCUT2D eigenvalue weighted by atomic mass is 32.2. The van der Waals surface area contributed by atoms with Crippen LogP contribution >= 0.6 is 0 Å². The van der Waals surface area contributed by atoms with E-state index in [9.17, 15) is 18.3 Å². The fourth-order valence-corrected chi connectivity index (χ4v) is 5.40. The molecule has 4 N–H and O–H groups in total. The molecule has 0 aliphatic carbocycles. The highest BCUT2D eigenvalue weighted by Crippen LogP contribution is 2.23. The maximum absolute atomic E-state index is 13.0. The van der Waals surface area contributed by atoms with Gasteiger partial charge in [0.15, 0.2) is 6.61 Å². The summed E-state index contributed by atoms with van der Waals surface area (Å²) in [5.41, 5.74) is 3.39. The summed E-state index contributed by atoms with van der Waals surface area (Å²) in [6.45, 7) is 2.49. The van der Waals surface area contributed by atoms with Crippen molar-refractivity contribution in [1.29, 1.82) is 0 Å². The Labute approximate surface area is 260 Å². The third-order valence-corrected chi connectivity index (χ3v) is 8.01. The van der Waals surface area contributed by atoms with Gasteiger partial charge in [-0.05, 0) is 73.1 Å². The predicted molar refractivity (Wildman–Crippen MR) is 168 cm³/mol. The topological polar surface area (TPSA) is 169 Å². The SMILES string of the molecule is CC(=O)Nc1cccc(OCc2nc(-c3ccc(S(=O)(=O)Nc4ccc(CCNCC(O)c5cccnc5)cc4)cc3)no2)c1. The number of hydrogen-bond donors (Lipinski definition) is 4. The van der Waals surface area contributed by atoms with E-state index in [1.165, 1.54) is 19.1 Å². The van der Waals surface area contributed by atoms with E-state index in [1.54, 1.807) is 67.0 Å². The number of nitrogens with one attached hydrogen (secondary N) is 3. The Morgan fingerprint density at radius 3 is 2.53 bits per heavy atom. The van der Waals surface area contributed by atoms with Crippen molar-refractivity contribution >= 4 is 27.3 Å². The van der Waals surface area contributed by atoms with Crippen molar-refractivity contribution in [3.63, 3.8) is 0 Å². The third-order valence-electron chi connectivity index (χ3n) is 6.61. The highest BCUT2D eigenvalue weighted by molar-refractivity contribution is 7.92. The number of ether oxygens (including phenoxy) is 1. The zero-order valence-corrected chi connectivity index (χ0v) is 25.2. The van der Waals surface area contributed by atoms with Gasteiger partial charge < -0.3 is 25.0 Å². The Kier molecular flexibility index (Phi) is 10.1. The number of rotatable bonds is 14. The zero-order valence-electron chi connectivity index (χ0n) is 24.4. The van der Waals surface area contributed by atoms with Crippen LogP contribution in [-0.2, 0) is 27.8 Å². The fourth-order valence-electron chi connectivity index (χ4n) is 4.34. The van der Waals surface area contributed by atoms with E-state index in [0.29, 0.717) is 42.2 Å². The summed E-state index contributed by atoms with van der Waals surface area (Å²) in [5, 5.41) is 20.1. The molecular weight excluding hydrogens is 596 g/mol. The molecule has 12 nitrogen and oxygen atoms in total. The molecule has 3 aromatic carbocycles. The lowest BCUT2D eigenvalue weighted by atomic mass is 10.1. The molecule has 0 fully saturated rings. The molecule has 1 amide bonds. The largest absolute Gasteiger partial charge is 0.484 e. The van der Waals surface area contributed by atoms with Crippen LogP contribution in [0.4, 0.5) is 11.4 Å². The summed E-state index contributed by atoms with van der Waals surface area (Å²) in [5.74, 6) is 0.848. The van der Waals surface area contributed by atoms with Gasteiger partial charge in [-0.25, -0.2) is 8.42 Å². The monoisotopic (exact) mass is 628 g/mol. The molecular formula is C32H32N6O6S. The molecule has 2 aromatic heterocycles.